The molecule has 3 N–H and O–H groups in total. The third-order valence-corrected chi connectivity index (χ3v) is 7.46. The van der Waals surface area contributed by atoms with Crippen molar-refractivity contribution in [2.45, 2.75) is 63.9 Å². The summed E-state index contributed by atoms with van der Waals surface area (Å²) in [6, 6.07) is 13.6. The second-order valence-electron chi connectivity index (χ2n) is 10.1. The van der Waals surface area contributed by atoms with Crippen molar-refractivity contribution in [2.75, 3.05) is 18.4 Å². The third-order valence-electron chi connectivity index (χ3n) is 7.46. The van der Waals surface area contributed by atoms with Crippen molar-refractivity contribution >= 4 is 34.6 Å². The number of aromatic nitrogens is 1. The van der Waals surface area contributed by atoms with Gasteiger partial charge >= 0.3 is 5.97 Å². The monoisotopic (exact) mass is 507 g/mol. The summed E-state index contributed by atoms with van der Waals surface area (Å²) in [5.74, 6) is -3.67. The van der Waals surface area contributed by atoms with Crippen LogP contribution in [0, 0.1) is 12.8 Å². The van der Waals surface area contributed by atoms with E-state index in [1.807, 2.05) is 37.3 Å². The first-order valence-electron chi connectivity index (χ1n) is 13.0. The topological polar surface area (TPSA) is 125 Å². The molecule has 1 unspecified atom stereocenters. The van der Waals surface area contributed by atoms with Crippen LogP contribution < -0.4 is 5.32 Å². The van der Waals surface area contributed by atoms with Crippen LogP contribution >= 0.6 is 0 Å². The van der Waals surface area contributed by atoms with Gasteiger partial charge in [-0.1, -0.05) is 24.3 Å². The number of carboxylic acids is 1. The van der Waals surface area contributed by atoms with Crippen molar-refractivity contribution in [1.82, 2.24) is 9.88 Å². The molecule has 196 valence electrons. The summed E-state index contributed by atoms with van der Waals surface area (Å²) >= 11 is 0. The van der Waals surface area contributed by atoms with Crippen molar-refractivity contribution in [3.8, 4) is 0 Å². The van der Waals surface area contributed by atoms with E-state index in [0.29, 0.717) is 61.5 Å². The molecule has 1 aromatic heterocycles. The highest BCUT2D eigenvalue weighted by Gasteiger charge is 2.46. The lowest BCUT2D eigenvalue weighted by molar-refractivity contribution is -0.290. The number of anilines is 2. The minimum absolute atomic E-state index is 0.0331. The van der Waals surface area contributed by atoms with E-state index >= 15 is 0 Å². The maximum Gasteiger partial charge on any atom is 0.306 e. The second-order valence-corrected chi connectivity index (χ2v) is 10.1. The molecule has 2 fully saturated rings. The first kappa shape index (κ1) is 25.4. The van der Waals surface area contributed by atoms with E-state index in [0.717, 1.165) is 24.1 Å². The van der Waals surface area contributed by atoms with Crippen molar-refractivity contribution < 1.29 is 29.0 Å². The number of carbonyl (C=O) groups excluding carboxylic acids is 1. The lowest BCUT2D eigenvalue weighted by Crippen LogP contribution is -2.58. The summed E-state index contributed by atoms with van der Waals surface area (Å²) in [5, 5.41) is 24.0. The number of oxazole rings is 1. The minimum Gasteiger partial charge on any atom is -0.481 e. The Morgan fingerprint density at radius 2 is 1.86 bits per heavy atom. The van der Waals surface area contributed by atoms with Crippen LogP contribution in [0.2, 0.25) is 0 Å². The van der Waals surface area contributed by atoms with E-state index in [1.54, 1.807) is 17.0 Å². The Morgan fingerprint density at radius 3 is 2.57 bits per heavy atom. The van der Waals surface area contributed by atoms with Gasteiger partial charge in [0.25, 0.3) is 11.9 Å². The number of hydrogen-bond donors (Lipinski definition) is 3. The van der Waals surface area contributed by atoms with Gasteiger partial charge in [0.2, 0.25) is 5.78 Å². The highest BCUT2D eigenvalue weighted by molar-refractivity contribution is 5.88. The first-order chi connectivity index (χ1) is 17.8. The number of rotatable bonds is 9. The van der Waals surface area contributed by atoms with E-state index in [9.17, 15) is 19.8 Å². The van der Waals surface area contributed by atoms with Crippen LogP contribution in [0.25, 0.3) is 11.1 Å². The molecule has 0 radical (unpaired) electrons. The van der Waals surface area contributed by atoms with E-state index in [4.69, 9.17) is 9.15 Å². The highest BCUT2D eigenvalue weighted by atomic mass is 16.7. The Kier molecular flexibility index (Phi) is 7.28. The van der Waals surface area contributed by atoms with Gasteiger partial charge in [-0.3, -0.25) is 9.59 Å². The van der Waals surface area contributed by atoms with Gasteiger partial charge in [0.05, 0.1) is 12.0 Å². The average molecular weight is 508 g/mol. The molecule has 9 nitrogen and oxygen atoms in total. The number of aliphatic carboxylic acids is 1. The number of hydrogen-bond acceptors (Lipinski definition) is 8. The third kappa shape index (κ3) is 5.53. The van der Waals surface area contributed by atoms with Crippen LogP contribution in [-0.2, 0) is 20.7 Å². The number of likely N-dealkylation sites (tertiary alicyclic amines) is 1. The lowest BCUT2D eigenvalue weighted by Gasteiger charge is -2.39. The van der Waals surface area contributed by atoms with E-state index in [-0.39, 0.29) is 12.5 Å². The van der Waals surface area contributed by atoms with Gasteiger partial charge in [0, 0.05) is 25.2 Å². The molecule has 2 aliphatic rings. The van der Waals surface area contributed by atoms with Crippen LogP contribution in [-0.4, -0.2) is 57.0 Å². The summed E-state index contributed by atoms with van der Waals surface area (Å²) in [6.07, 6.45) is 3.32. The maximum atomic E-state index is 13.5. The van der Waals surface area contributed by atoms with Gasteiger partial charge < -0.3 is 24.7 Å². The molecule has 0 spiro atoms. The lowest BCUT2D eigenvalue weighted by atomic mass is 9.87. The van der Waals surface area contributed by atoms with Gasteiger partial charge in [-0.25, -0.2) is 4.90 Å². The molecule has 1 saturated carbocycles. The Hall–Kier alpha value is -3.27. The van der Waals surface area contributed by atoms with Crippen molar-refractivity contribution in [3.63, 3.8) is 0 Å². The second kappa shape index (κ2) is 10.6. The molecule has 0 amide bonds. The summed E-state index contributed by atoms with van der Waals surface area (Å²) in [6.45, 7) is 3.14. The number of para-hydroxylation sites is 1. The zero-order valence-corrected chi connectivity index (χ0v) is 21.0. The molecular weight excluding hydrogens is 474 g/mol. The molecule has 2 aromatic carbocycles. The number of carbonyl (C=O) groups is 2. The SMILES string of the molecule is Cc1ccccc1Nc1nc2ccc(CC(=O)C(O)(OC3CCC(C(=O)O)CC3)N3CCCC3)cc2o1. The molecule has 1 aliphatic carbocycles. The number of Topliss-reactive ketones (excluding diaryl/α,β-unsaturated/α-hetero) is 1. The van der Waals surface area contributed by atoms with Crippen molar-refractivity contribution in [3.05, 3.63) is 53.6 Å². The fourth-order valence-corrected chi connectivity index (χ4v) is 5.26. The van der Waals surface area contributed by atoms with Gasteiger partial charge in [-0.2, -0.15) is 4.98 Å². The Bertz CT molecular complexity index is 1280. The number of ether oxygens (including phenoxy) is 1. The number of ketones is 1. The molecule has 1 aliphatic heterocycles. The van der Waals surface area contributed by atoms with E-state index in [1.165, 1.54) is 0 Å². The average Bonchev–Trinajstić information content (AvgIpc) is 3.56. The van der Waals surface area contributed by atoms with Crippen LogP contribution in [0.15, 0.2) is 46.9 Å². The molecule has 1 atom stereocenters. The number of carboxylic acid groups (broad SMARTS) is 1. The fraction of sp³-hybridized carbons (Fsp3) is 0.464. The van der Waals surface area contributed by atoms with Crippen LogP contribution in [0.1, 0.15) is 49.7 Å². The predicted molar refractivity (Wildman–Crippen MR) is 137 cm³/mol. The first-order valence-corrected chi connectivity index (χ1v) is 13.0. The standard InChI is InChI=1S/C28H33N3O6/c1-18-6-2-3-7-22(18)29-27-30-23-13-8-19(16-24(23)36-27)17-25(32)28(35,31-14-4-5-15-31)37-21-11-9-20(10-12-21)26(33)34/h2-3,6-8,13,16,20-21,35H,4-5,9-12,14-15,17H2,1H3,(H,29,30)(H,33,34). The Balaban J connectivity index is 1.31. The predicted octanol–water partition coefficient (Wildman–Crippen LogP) is 4.39. The number of fused-ring (bicyclic) bond motifs is 1. The van der Waals surface area contributed by atoms with Crippen LogP contribution in [0.4, 0.5) is 11.7 Å². The van der Waals surface area contributed by atoms with E-state index in [2.05, 4.69) is 10.3 Å². The zero-order valence-electron chi connectivity index (χ0n) is 21.0. The number of nitrogens with zero attached hydrogens (tertiary/aromatic N) is 2. The summed E-state index contributed by atoms with van der Waals surface area (Å²) < 4.78 is 12.0. The molecular formula is C28H33N3O6. The quantitative estimate of drug-likeness (QED) is 0.362. The summed E-state index contributed by atoms with van der Waals surface area (Å²) in [7, 11) is 0. The molecule has 2 heterocycles. The Morgan fingerprint density at radius 1 is 1.14 bits per heavy atom. The molecule has 1 saturated heterocycles. The van der Waals surface area contributed by atoms with Crippen molar-refractivity contribution in [1.29, 1.82) is 0 Å². The Labute approximate surface area is 215 Å². The zero-order chi connectivity index (χ0) is 26.0. The molecule has 5 rings (SSSR count). The fourth-order valence-electron chi connectivity index (χ4n) is 5.26. The normalized spacial score (nSPS) is 22.1. The van der Waals surface area contributed by atoms with Gasteiger partial charge in [-0.05, 0) is 74.8 Å². The maximum absolute atomic E-state index is 13.5. The van der Waals surface area contributed by atoms with Crippen LogP contribution in [0.5, 0.6) is 0 Å². The van der Waals surface area contributed by atoms with Crippen LogP contribution in [0.3, 0.4) is 0 Å². The van der Waals surface area contributed by atoms with Crippen molar-refractivity contribution in [2.24, 2.45) is 5.92 Å². The number of nitrogens with one attached hydrogen (secondary N) is 1. The number of benzene rings is 2. The largest absolute Gasteiger partial charge is 0.481 e. The molecule has 0 bridgehead atoms. The van der Waals surface area contributed by atoms with Gasteiger partial charge in [0.1, 0.15) is 5.52 Å². The number of aliphatic hydroxyl groups is 1. The minimum atomic E-state index is -2.04. The molecule has 37 heavy (non-hydrogen) atoms. The molecule has 3 aromatic rings. The molecule has 9 heteroatoms. The van der Waals surface area contributed by atoms with E-state index < -0.39 is 23.6 Å². The van der Waals surface area contributed by atoms with Gasteiger partial charge in [0.15, 0.2) is 5.58 Å². The smallest absolute Gasteiger partial charge is 0.306 e. The summed E-state index contributed by atoms with van der Waals surface area (Å²) in [4.78, 5) is 31.0. The summed E-state index contributed by atoms with van der Waals surface area (Å²) in [5.41, 5.74) is 3.85. The highest BCUT2D eigenvalue weighted by Crippen LogP contribution is 2.33. The van der Waals surface area contributed by atoms with Gasteiger partial charge in [-0.15, -0.1) is 0 Å². The number of aryl methyl sites for hydroxylation is 1.